The average molecular weight is 296 g/mol. The number of rotatable bonds is 6. The summed E-state index contributed by atoms with van der Waals surface area (Å²) in [4.78, 5) is 13.5. The fourth-order valence-electron chi connectivity index (χ4n) is 2.30. The molecule has 21 heavy (non-hydrogen) atoms. The average Bonchev–Trinajstić information content (AvgIpc) is 2.34. The summed E-state index contributed by atoms with van der Waals surface area (Å²) in [7, 11) is 1.67. The summed E-state index contributed by atoms with van der Waals surface area (Å²) in [5, 5.41) is 12.3. The number of carbonyl (C=O) groups excluding carboxylic acids is 1. The molecular weight excluding hydrogens is 271 g/mol. The largest absolute Gasteiger partial charge is 0.393 e. The molecule has 0 spiro atoms. The molecule has 0 saturated carbocycles. The second-order valence-electron chi connectivity index (χ2n) is 6.36. The zero-order chi connectivity index (χ0) is 16.0. The van der Waals surface area contributed by atoms with E-state index in [4.69, 9.17) is 0 Å². The first-order chi connectivity index (χ1) is 9.69. The van der Waals surface area contributed by atoms with E-state index in [9.17, 15) is 14.3 Å². The van der Waals surface area contributed by atoms with Gasteiger partial charge in [0.05, 0.1) is 6.10 Å². The summed E-state index contributed by atoms with van der Waals surface area (Å²) < 4.78 is 13.1. The molecule has 0 aromatic heterocycles. The number of aliphatic hydroxyl groups is 1. The van der Waals surface area contributed by atoms with Crippen molar-refractivity contribution in [3.05, 3.63) is 35.6 Å². The van der Waals surface area contributed by atoms with Crippen molar-refractivity contribution in [1.82, 2.24) is 10.2 Å². The predicted octanol–water partition coefficient (Wildman–Crippen LogP) is 2.76. The number of nitrogens with one attached hydrogen (secondary N) is 1. The highest BCUT2D eigenvalue weighted by molar-refractivity contribution is 5.73. The molecule has 1 rings (SSSR count). The molecule has 4 nitrogen and oxygen atoms in total. The van der Waals surface area contributed by atoms with Gasteiger partial charge in [0.1, 0.15) is 5.82 Å². The van der Waals surface area contributed by atoms with Crippen LogP contribution in [0.3, 0.4) is 0 Å². The SMILES string of the molecule is CC(O)CC(C)(C)CNC(=O)N(C)Cc1cccc(F)c1. The maximum absolute atomic E-state index is 13.1. The summed E-state index contributed by atoms with van der Waals surface area (Å²) in [5.74, 6) is -0.306. The van der Waals surface area contributed by atoms with Crippen LogP contribution in [0, 0.1) is 11.2 Å². The van der Waals surface area contributed by atoms with Crippen LogP contribution in [0.1, 0.15) is 32.8 Å². The smallest absolute Gasteiger partial charge is 0.317 e. The van der Waals surface area contributed by atoms with E-state index in [0.717, 1.165) is 5.56 Å². The van der Waals surface area contributed by atoms with Gasteiger partial charge in [-0.1, -0.05) is 26.0 Å². The maximum Gasteiger partial charge on any atom is 0.317 e. The van der Waals surface area contributed by atoms with Crippen LogP contribution in [0.4, 0.5) is 9.18 Å². The van der Waals surface area contributed by atoms with Crippen molar-refractivity contribution in [2.24, 2.45) is 5.41 Å². The predicted molar refractivity (Wildman–Crippen MR) is 81.3 cm³/mol. The highest BCUT2D eigenvalue weighted by Gasteiger charge is 2.22. The van der Waals surface area contributed by atoms with E-state index in [1.165, 1.54) is 17.0 Å². The Kier molecular flexibility index (Phi) is 6.15. The molecule has 1 aromatic rings. The molecule has 1 unspecified atom stereocenters. The molecule has 0 fully saturated rings. The Labute approximate surface area is 126 Å². The number of urea groups is 1. The third-order valence-electron chi connectivity index (χ3n) is 3.22. The number of aliphatic hydroxyl groups excluding tert-OH is 1. The zero-order valence-corrected chi connectivity index (χ0v) is 13.2. The first kappa shape index (κ1) is 17.4. The number of carbonyl (C=O) groups is 1. The minimum atomic E-state index is -0.401. The van der Waals surface area contributed by atoms with Gasteiger partial charge < -0.3 is 15.3 Å². The Balaban J connectivity index is 2.48. The molecule has 0 aliphatic carbocycles. The molecule has 2 amide bonds. The van der Waals surface area contributed by atoms with Crippen LogP contribution < -0.4 is 5.32 Å². The summed E-state index contributed by atoms with van der Waals surface area (Å²) in [5.41, 5.74) is 0.569. The van der Waals surface area contributed by atoms with E-state index in [1.807, 2.05) is 13.8 Å². The maximum atomic E-state index is 13.1. The molecule has 1 atom stereocenters. The number of halogens is 1. The van der Waals surface area contributed by atoms with Crippen LogP contribution in [-0.2, 0) is 6.54 Å². The lowest BCUT2D eigenvalue weighted by atomic mass is 9.87. The highest BCUT2D eigenvalue weighted by Crippen LogP contribution is 2.21. The molecular formula is C16H25FN2O2. The molecule has 0 bridgehead atoms. The zero-order valence-electron chi connectivity index (χ0n) is 13.2. The molecule has 0 aliphatic rings. The minimum absolute atomic E-state index is 0.177. The van der Waals surface area contributed by atoms with Crippen molar-refractivity contribution in [1.29, 1.82) is 0 Å². The van der Waals surface area contributed by atoms with Crippen LogP contribution in [0.25, 0.3) is 0 Å². The Morgan fingerprint density at radius 2 is 2.14 bits per heavy atom. The van der Waals surface area contributed by atoms with E-state index in [0.29, 0.717) is 19.5 Å². The normalized spacial score (nSPS) is 12.9. The van der Waals surface area contributed by atoms with Crippen molar-refractivity contribution in [2.45, 2.75) is 39.8 Å². The number of benzene rings is 1. The van der Waals surface area contributed by atoms with Gasteiger partial charge in [-0.05, 0) is 36.5 Å². The van der Waals surface area contributed by atoms with Gasteiger partial charge in [-0.15, -0.1) is 0 Å². The van der Waals surface area contributed by atoms with Gasteiger partial charge >= 0.3 is 6.03 Å². The van der Waals surface area contributed by atoms with Crippen LogP contribution in [-0.4, -0.2) is 35.7 Å². The van der Waals surface area contributed by atoms with Crippen LogP contribution >= 0.6 is 0 Å². The topological polar surface area (TPSA) is 52.6 Å². The molecule has 118 valence electrons. The van der Waals surface area contributed by atoms with Gasteiger partial charge in [-0.3, -0.25) is 0 Å². The Hall–Kier alpha value is -1.62. The van der Waals surface area contributed by atoms with Crippen molar-refractivity contribution in [3.8, 4) is 0 Å². The van der Waals surface area contributed by atoms with Gasteiger partial charge in [0.15, 0.2) is 0 Å². The van der Waals surface area contributed by atoms with Crippen molar-refractivity contribution in [2.75, 3.05) is 13.6 Å². The number of hydrogen-bond acceptors (Lipinski definition) is 2. The van der Waals surface area contributed by atoms with E-state index in [-0.39, 0.29) is 17.3 Å². The second-order valence-corrected chi connectivity index (χ2v) is 6.36. The van der Waals surface area contributed by atoms with Gasteiger partial charge in [-0.25, -0.2) is 9.18 Å². The van der Waals surface area contributed by atoms with Crippen molar-refractivity contribution >= 4 is 6.03 Å². The first-order valence-electron chi connectivity index (χ1n) is 7.11. The Morgan fingerprint density at radius 3 is 2.71 bits per heavy atom. The summed E-state index contributed by atoms with van der Waals surface area (Å²) in [6.45, 7) is 6.55. The molecule has 5 heteroatoms. The van der Waals surface area contributed by atoms with E-state index in [1.54, 1.807) is 26.1 Å². The quantitative estimate of drug-likeness (QED) is 0.848. The fraction of sp³-hybridized carbons (Fsp3) is 0.562. The van der Waals surface area contributed by atoms with Gasteiger partial charge in [0, 0.05) is 20.1 Å². The minimum Gasteiger partial charge on any atom is -0.393 e. The molecule has 0 aliphatic heterocycles. The molecule has 0 radical (unpaired) electrons. The molecule has 0 saturated heterocycles. The third kappa shape index (κ3) is 6.58. The summed E-state index contributed by atoms with van der Waals surface area (Å²) in [6, 6.07) is 5.99. The summed E-state index contributed by atoms with van der Waals surface area (Å²) in [6.07, 6.45) is 0.211. The van der Waals surface area contributed by atoms with E-state index in [2.05, 4.69) is 5.32 Å². The standard InChI is InChI=1S/C16H25FN2O2/c1-12(20)9-16(2,3)11-18-15(21)19(4)10-13-6-5-7-14(17)8-13/h5-8,12,20H,9-11H2,1-4H3,(H,18,21). The number of nitrogens with zero attached hydrogens (tertiary/aromatic N) is 1. The third-order valence-corrected chi connectivity index (χ3v) is 3.22. The first-order valence-corrected chi connectivity index (χ1v) is 7.11. The van der Waals surface area contributed by atoms with Crippen molar-refractivity contribution < 1.29 is 14.3 Å². The van der Waals surface area contributed by atoms with Gasteiger partial charge in [-0.2, -0.15) is 0 Å². The van der Waals surface area contributed by atoms with Crippen LogP contribution in [0.5, 0.6) is 0 Å². The lowest BCUT2D eigenvalue weighted by Crippen LogP contribution is -2.42. The highest BCUT2D eigenvalue weighted by atomic mass is 19.1. The molecule has 1 aromatic carbocycles. The van der Waals surface area contributed by atoms with E-state index < -0.39 is 6.10 Å². The Bertz CT molecular complexity index is 475. The number of hydrogen-bond donors (Lipinski definition) is 2. The molecule has 2 N–H and O–H groups in total. The lowest BCUT2D eigenvalue weighted by Gasteiger charge is -2.28. The Morgan fingerprint density at radius 1 is 1.48 bits per heavy atom. The lowest BCUT2D eigenvalue weighted by molar-refractivity contribution is 0.127. The van der Waals surface area contributed by atoms with Crippen LogP contribution in [0.2, 0.25) is 0 Å². The fourth-order valence-corrected chi connectivity index (χ4v) is 2.30. The summed E-state index contributed by atoms with van der Waals surface area (Å²) >= 11 is 0. The van der Waals surface area contributed by atoms with E-state index >= 15 is 0 Å². The molecule has 0 heterocycles. The van der Waals surface area contributed by atoms with Crippen molar-refractivity contribution in [3.63, 3.8) is 0 Å². The number of amides is 2. The van der Waals surface area contributed by atoms with Gasteiger partial charge in [0.2, 0.25) is 0 Å². The van der Waals surface area contributed by atoms with Crippen LogP contribution in [0.15, 0.2) is 24.3 Å². The van der Waals surface area contributed by atoms with Gasteiger partial charge in [0.25, 0.3) is 0 Å². The monoisotopic (exact) mass is 296 g/mol. The second kappa shape index (κ2) is 7.41.